The number of rotatable bonds is 3. The first-order chi connectivity index (χ1) is 7.19. The average Bonchev–Trinajstić information content (AvgIpc) is 2.28. The number of nitriles is 1. The SMILES string of the molecule is CCOc1ccc(/C(Cl)=C(/C)C#N)cc1. The molecular weight excluding hydrogens is 210 g/mol. The van der Waals surface area contributed by atoms with E-state index in [-0.39, 0.29) is 0 Å². The molecule has 1 aromatic carbocycles. The molecule has 0 fully saturated rings. The zero-order valence-electron chi connectivity index (χ0n) is 8.75. The first kappa shape index (κ1) is 11.6. The van der Waals surface area contributed by atoms with Crippen molar-refractivity contribution in [1.82, 2.24) is 0 Å². The molecule has 0 radical (unpaired) electrons. The summed E-state index contributed by atoms with van der Waals surface area (Å²) in [4.78, 5) is 0. The molecule has 0 saturated carbocycles. The standard InChI is InChI=1S/C12H12ClNO/c1-3-15-11-6-4-10(5-7-11)12(13)9(2)8-14/h4-7H,3H2,1-2H3/b12-9+. The lowest BCUT2D eigenvalue weighted by molar-refractivity contribution is 0.340. The van der Waals surface area contributed by atoms with Gasteiger partial charge in [0.15, 0.2) is 0 Å². The molecule has 0 bridgehead atoms. The topological polar surface area (TPSA) is 33.0 Å². The maximum atomic E-state index is 8.69. The van der Waals surface area contributed by atoms with Crippen LogP contribution in [0.3, 0.4) is 0 Å². The molecule has 0 aliphatic heterocycles. The molecule has 0 spiro atoms. The summed E-state index contributed by atoms with van der Waals surface area (Å²) in [5.41, 5.74) is 1.35. The summed E-state index contributed by atoms with van der Waals surface area (Å²) in [5.74, 6) is 0.806. The predicted octanol–water partition coefficient (Wildman–Crippen LogP) is 3.58. The highest BCUT2D eigenvalue weighted by atomic mass is 35.5. The lowest BCUT2D eigenvalue weighted by atomic mass is 10.1. The van der Waals surface area contributed by atoms with E-state index in [9.17, 15) is 0 Å². The number of allylic oxidation sites excluding steroid dienone is 1. The van der Waals surface area contributed by atoms with Crippen molar-refractivity contribution in [2.24, 2.45) is 0 Å². The van der Waals surface area contributed by atoms with Crippen LogP contribution in [0.15, 0.2) is 29.8 Å². The van der Waals surface area contributed by atoms with Gasteiger partial charge in [-0.15, -0.1) is 0 Å². The number of nitrogens with zero attached hydrogens (tertiary/aromatic N) is 1. The number of benzene rings is 1. The Balaban J connectivity index is 2.95. The Kier molecular flexibility index (Phi) is 4.20. The van der Waals surface area contributed by atoms with Gasteiger partial charge in [-0.2, -0.15) is 5.26 Å². The van der Waals surface area contributed by atoms with Gasteiger partial charge in [0.2, 0.25) is 0 Å². The van der Waals surface area contributed by atoms with E-state index >= 15 is 0 Å². The quantitative estimate of drug-likeness (QED) is 0.731. The van der Waals surface area contributed by atoms with Crippen LogP contribution < -0.4 is 4.74 Å². The Morgan fingerprint density at radius 2 is 2.00 bits per heavy atom. The second-order valence-electron chi connectivity index (χ2n) is 3.01. The van der Waals surface area contributed by atoms with Crippen molar-refractivity contribution in [2.45, 2.75) is 13.8 Å². The zero-order chi connectivity index (χ0) is 11.3. The van der Waals surface area contributed by atoms with Crippen molar-refractivity contribution in [3.05, 3.63) is 35.4 Å². The van der Waals surface area contributed by atoms with Gasteiger partial charge in [0, 0.05) is 5.57 Å². The van der Waals surface area contributed by atoms with Gasteiger partial charge in [0.05, 0.1) is 17.7 Å². The molecule has 0 atom stereocenters. The van der Waals surface area contributed by atoms with Gasteiger partial charge in [-0.1, -0.05) is 11.6 Å². The molecule has 0 aromatic heterocycles. The largest absolute Gasteiger partial charge is 0.494 e. The predicted molar refractivity (Wildman–Crippen MR) is 61.7 cm³/mol. The molecule has 1 rings (SSSR count). The Bertz CT molecular complexity index is 401. The Hall–Kier alpha value is -1.46. The molecule has 2 nitrogen and oxygen atoms in total. The number of ether oxygens (including phenoxy) is 1. The van der Waals surface area contributed by atoms with E-state index in [4.69, 9.17) is 21.6 Å². The maximum absolute atomic E-state index is 8.69. The molecule has 0 unspecified atom stereocenters. The highest BCUT2D eigenvalue weighted by Crippen LogP contribution is 2.24. The van der Waals surface area contributed by atoms with Crippen LogP contribution in [-0.2, 0) is 0 Å². The lowest BCUT2D eigenvalue weighted by Crippen LogP contribution is -1.91. The third-order valence-electron chi connectivity index (χ3n) is 1.92. The third-order valence-corrected chi connectivity index (χ3v) is 2.42. The monoisotopic (exact) mass is 221 g/mol. The molecule has 0 N–H and O–H groups in total. The van der Waals surface area contributed by atoms with Crippen LogP contribution in [-0.4, -0.2) is 6.61 Å². The Morgan fingerprint density at radius 1 is 1.40 bits per heavy atom. The zero-order valence-corrected chi connectivity index (χ0v) is 9.51. The minimum atomic E-state index is 0.487. The van der Waals surface area contributed by atoms with Gasteiger partial charge < -0.3 is 4.74 Å². The summed E-state index contributed by atoms with van der Waals surface area (Å²) < 4.78 is 5.30. The van der Waals surface area contributed by atoms with Gasteiger partial charge in [0.25, 0.3) is 0 Å². The summed E-state index contributed by atoms with van der Waals surface area (Å²) in [6, 6.07) is 9.38. The summed E-state index contributed by atoms with van der Waals surface area (Å²) in [6.45, 7) is 4.26. The van der Waals surface area contributed by atoms with Crippen LogP contribution in [0.25, 0.3) is 5.03 Å². The third kappa shape index (κ3) is 3.00. The van der Waals surface area contributed by atoms with E-state index in [1.807, 2.05) is 37.3 Å². The molecule has 0 amide bonds. The van der Waals surface area contributed by atoms with Crippen LogP contribution in [0.4, 0.5) is 0 Å². The molecule has 0 aliphatic rings. The average molecular weight is 222 g/mol. The highest BCUT2D eigenvalue weighted by Gasteiger charge is 2.02. The number of hydrogen-bond donors (Lipinski definition) is 0. The number of hydrogen-bond acceptors (Lipinski definition) is 2. The van der Waals surface area contributed by atoms with E-state index in [2.05, 4.69) is 0 Å². The van der Waals surface area contributed by atoms with Crippen molar-refractivity contribution >= 4 is 16.6 Å². The van der Waals surface area contributed by atoms with E-state index in [1.54, 1.807) is 6.92 Å². The summed E-state index contributed by atoms with van der Waals surface area (Å²) in [7, 11) is 0. The van der Waals surface area contributed by atoms with E-state index < -0.39 is 0 Å². The fourth-order valence-electron chi connectivity index (χ4n) is 1.13. The molecule has 0 heterocycles. The number of halogens is 1. The molecule has 15 heavy (non-hydrogen) atoms. The van der Waals surface area contributed by atoms with E-state index in [0.29, 0.717) is 17.2 Å². The van der Waals surface area contributed by atoms with Crippen LogP contribution in [0.1, 0.15) is 19.4 Å². The first-order valence-corrected chi connectivity index (χ1v) is 5.06. The maximum Gasteiger partial charge on any atom is 0.119 e. The second-order valence-corrected chi connectivity index (χ2v) is 3.39. The van der Waals surface area contributed by atoms with Crippen molar-refractivity contribution in [3.63, 3.8) is 0 Å². The molecule has 78 valence electrons. The van der Waals surface area contributed by atoms with Gasteiger partial charge in [-0.3, -0.25) is 0 Å². The lowest BCUT2D eigenvalue weighted by Gasteiger charge is -2.04. The van der Waals surface area contributed by atoms with Gasteiger partial charge in [-0.25, -0.2) is 0 Å². The van der Waals surface area contributed by atoms with Gasteiger partial charge in [0.1, 0.15) is 5.75 Å². The van der Waals surface area contributed by atoms with Crippen LogP contribution in [0.2, 0.25) is 0 Å². The highest BCUT2D eigenvalue weighted by molar-refractivity contribution is 6.49. The smallest absolute Gasteiger partial charge is 0.119 e. The second kappa shape index (κ2) is 5.43. The van der Waals surface area contributed by atoms with Crippen molar-refractivity contribution in [2.75, 3.05) is 6.61 Å². The Morgan fingerprint density at radius 3 is 2.47 bits per heavy atom. The summed E-state index contributed by atoms with van der Waals surface area (Å²) in [6.07, 6.45) is 0. The Labute approximate surface area is 94.7 Å². The normalized spacial score (nSPS) is 11.6. The minimum Gasteiger partial charge on any atom is -0.494 e. The van der Waals surface area contributed by atoms with E-state index in [1.165, 1.54) is 0 Å². The molecular formula is C12H12ClNO. The minimum absolute atomic E-state index is 0.487. The first-order valence-electron chi connectivity index (χ1n) is 4.68. The van der Waals surface area contributed by atoms with Crippen molar-refractivity contribution in [3.8, 4) is 11.8 Å². The van der Waals surface area contributed by atoms with Crippen LogP contribution >= 0.6 is 11.6 Å². The molecule has 0 aliphatic carbocycles. The van der Waals surface area contributed by atoms with Crippen LogP contribution in [0.5, 0.6) is 5.75 Å². The molecule has 0 saturated heterocycles. The van der Waals surface area contributed by atoms with Crippen molar-refractivity contribution < 1.29 is 4.74 Å². The summed E-state index contributed by atoms with van der Waals surface area (Å²) >= 11 is 6.00. The van der Waals surface area contributed by atoms with Gasteiger partial charge >= 0.3 is 0 Å². The van der Waals surface area contributed by atoms with Gasteiger partial charge in [-0.05, 0) is 43.7 Å². The van der Waals surface area contributed by atoms with Crippen molar-refractivity contribution in [1.29, 1.82) is 5.26 Å². The fourth-order valence-corrected chi connectivity index (χ4v) is 1.30. The molecule has 1 aromatic rings. The van der Waals surface area contributed by atoms with Crippen LogP contribution in [0, 0.1) is 11.3 Å². The molecule has 3 heteroatoms. The summed E-state index contributed by atoms with van der Waals surface area (Å²) in [5, 5.41) is 9.17. The fraction of sp³-hybridized carbons (Fsp3) is 0.250. The van der Waals surface area contributed by atoms with E-state index in [0.717, 1.165) is 11.3 Å².